The molecule has 1 aliphatic heterocycles. The lowest BCUT2D eigenvalue weighted by molar-refractivity contribution is 0.103. The van der Waals surface area contributed by atoms with Gasteiger partial charge in [-0.15, -0.1) is 11.3 Å². The van der Waals surface area contributed by atoms with Gasteiger partial charge >= 0.3 is 0 Å². The van der Waals surface area contributed by atoms with Gasteiger partial charge in [0.1, 0.15) is 5.82 Å². The van der Waals surface area contributed by atoms with E-state index in [0.717, 1.165) is 30.5 Å². The number of hydrogen-bond acceptors (Lipinski definition) is 3. The Labute approximate surface area is 138 Å². The number of nitrogens with one attached hydrogen (secondary N) is 2. The first-order valence-corrected chi connectivity index (χ1v) is 8.98. The third-order valence-electron chi connectivity index (χ3n) is 4.68. The van der Waals surface area contributed by atoms with Crippen LogP contribution < -0.4 is 10.6 Å². The molecule has 5 heteroatoms. The van der Waals surface area contributed by atoms with Gasteiger partial charge in [-0.1, -0.05) is 6.07 Å². The molecule has 23 heavy (non-hydrogen) atoms. The Morgan fingerprint density at radius 2 is 2.04 bits per heavy atom. The summed E-state index contributed by atoms with van der Waals surface area (Å²) in [4.78, 5) is 14.5. The molecule has 3 nitrogen and oxygen atoms in total. The van der Waals surface area contributed by atoms with Gasteiger partial charge in [-0.05, 0) is 67.5 Å². The number of aryl methyl sites for hydroxylation is 2. The Morgan fingerprint density at radius 3 is 2.91 bits per heavy atom. The van der Waals surface area contributed by atoms with Gasteiger partial charge in [0.05, 0.1) is 10.6 Å². The van der Waals surface area contributed by atoms with Gasteiger partial charge in [0, 0.05) is 11.4 Å². The number of anilines is 1. The topological polar surface area (TPSA) is 41.1 Å². The van der Waals surface area contributed by atoms with Gasteiger partial charge in [-0.25, -0.2) is 4.39 Å². The number of benzene rings is 1. The van der Waals surface area contributed by atoms with Crippen LogP contribution in [0, 0.1) is 5.82 Å². The minimum Gasteiger partial charge on any atom is -0.319 e. The zero-order valence-electron chi connectivity index (χ0n) is 12.9. The molecule has 0 saturated heterocycles. The normalized spacial score (nSPS) is 16.6. The fourth-order valence-electron chi connectivity index (χ4n) is 3.42. The highest BCUT2D eigenvalue weighted by Gasteiger charge is 2.20. The minimum absolute atomic E-state index is 0.197. The molecular weight excluding hydrogens is 311 g/mol. The van der Waals surface area contributed by atoms with E-state index in [9.17, 15) is 9.18 Å². The lowest BCUT2D eigenvalue weighted by Crippen LogP contribution is -2.25. The fraction of sp³-hybridized carbons (Fsp3) is 0.389. The standard InChI is InChI=1S/C18H19FN2OS/c19-17-13-7-8-20-10-12(13)5-6-14(17)21-18(22)16-9-11-3-1-2-4-15(11)23-16/h5-6,9,20H,1-4,7-8,10H2,(H,21,22). The SMILES string of the molecule is O=C(Nc1ccc2c(c1F)CCNC2)c1cc2c(s1)CCCC2. The Hall–Kier alpha value is -1.72. The number of carbonyl (C=O) groups is 1. The third-order valence-corrected chi connectivity index (χ3v) is 5.91. The first-order valence-electron chi connectivity index (χ1n) is 8.16. The van der Waals surface area contributed by atoms with Crippen molar-refractivity contribution in [1.29, 1.82) is 0 Å². The molecule has 2 aromatic rings. The Morgan fingerprint density at radius 1 is 1.17 bits per heavy atom. The van der Waals surface area contributed by atoms with Crippen molar-refractivity contribution in [3.63, 3.8) is 0 Å². The molecule has 2 heterocycles. The second kappa shape index (κ2) is 6.06. The summed E-state index contributed by atoms with van der Waals surface area (Å²) in [7, 11) is 0. The van der Waals surface area contributed by atoms with E-state index in [-0.39, 0.29) is 11.7 Å². The molecule has 1 amide bonds. The number of carbonyl (C=O) groups excluding carboxylic acids is 1. The predicted octanol–water partition coefficient (Wildman–Crippen LogP) is 3.66. The van der Waals surface area contributed by atoms with Crippen molar-refractivity contribution in [2.45, 2.75) is 38.6 Å². The number of fused-ring (bicyclic) bond motifs is 2. The molecule has 0 radical (unpaired) electrons. The van der Waals surface area contributed by atoms with Crippen LogP contribution in [-0.2, 0) is 25.8 Å². The maximum atomic E-state index is 14.6. The van der Waals surface area contributed by atoms with Crippen molar-refractivity contribution < 1.29 is 9.18 Å². The van der Waals surface area contributed by atoms with E-state index in [2.05, 4.69) is 10.6 Å². The fourth-order valence-corrected chi connectivity index (χ4v) is 4.57. The molecule has 0 fully saturated rings. The van der Waals surface area contributed by atoms with Crippen LogP contribution in [0.25, 0.3) is 0 Å². The van der Waals surface area contributed by atoms with Crippen LogP contribution in [0.5, 0.6) is 0 Å². The summed E-state index contributed by atoms with van der Waals surface area (Å²) >= 11 is 1.55. The van der Waals surface area contributed by atoms with Crippen molar-refractivity contribution in [1.82, 2.24) is 5.32 Å². The summed E-state index contributed by atoms with van der Waals surface area (Å²) in [5, 5.41) is 5.99. The molecular formula is C18H19FN2OS. The van der Waals surface area contributed by atoms with Gasteiger partial charge in [-0.3, -0.25) is 4.79 Å². The van der Waals surface area contributed by atoms with E-state index in [4.69, 9.17) is 0 Å². The van der Waals surface area contributed by atoms with Crippen LogP contribution in [0.15, 0.2) is 18.2 Å². The molecule has 2 aliphatic rings. The molecule has 0 atom stereocenters. The van der Waals surface area contributed by atoms with E-state index in [1.165, 1.54) is 23.3 Å². The highest BCUT2D eigenvalue weighted by Crippen LogP contribution is 2.31. The second-order valence-corrected chi connectivity index (χ2v) is 7.35. The molecule has 120 valence electrons. The molecule has 1 aromatic heterocycles. The van der Waals surface area contributed by atoms with Gasteiger partial charge in [0.15, 0.2) is 0 Å². The molecule has 0 bridgehead atoms. The van der Waals surface area contributed by atoms with Crippen LogP contribution in [-0.4, -0.2) is 12.5 Å². The quantitative estimate of drug-likeness (QED) is 0.882. The van der Waals surface area contributed by atoms with Gasteiger partial charge in [0.2, 0.25) is 0 Å². The maximum Gasteiger partial charge on any atom is 0.265 e. The zero-order valence-corrected chi connectivity index (χ0v) is 13.7. The molecule has 1 aromatic carbocycles. The van der Waals surface area contributed by atoms with E-state index < -0.39 is 0 Å². The molecule has 2 N–H and O–H groups in total. The molecule has 0 spiro atoms. The summed E-state index contributed by atoms with van der Waals surface area (Å²) in [6.45, 7) is 1.47. The van der Waals surface area contributed by atoms with Crippen molar-refractivity contribution in [2.24, 2.45) is 0 Å². The van der Waals surface area contributed by atoms with E-state index in [1.807, 2.05) is 12.1 Å². The highest BCUT2D eigenvalue weighted by molar-refractivity contribution is 7.14. The first kappa shape index (κ1) is 14.8. The van der Waals surface area contributed by atoms with E-state index >= 15 is 0 Å². The van der Waals surface area contributed by atoms with Gasteiger partial charge in [0.25, 0.3) is 5.91 Å². The van der Waals surface area contributed by atoms with Crippen molar-refractivity contribution in [3.8, 4) is 0 Å². The number of rotatable bonds is 2. The highest BCUT2D eigenvalue weighted by atomic mass is 32.1. The zero-order chi connectivity index (χ0) is 15.8. The number of amides is 1. The maximum absolute atomic E-state index is 14.6. The van der Waals surface area contributed by atoms with Crippen LogP contribution in [0.4, 0.5) is 10.1 Å². The smallest absolute Gasteiger partial charge is 0.265 e. The number of hydrogen-bond donors (Lipinski definition) is 2. The Balaban J connectivity index is 1.58. The van der Waals surface area contributed by atoms with Gasteiger partial charge in [-0.2, -0.15) is 0 Å². The number of halogens is 1. The van der Waals surface area contributed by atoms with E-state index in [1.54, 1.807) is 17.4 Å². The van der Waals surface area contributed by atoms with Crippen molar-refractivity contribution >= 4 is 22.9 Å². The predicted molar refractivity (Wildman–Crippen MR) is 90.7 cm³/mol. The molecule has 0 unspecified atom stereocenters. The molecule has 4 rings (SSSR count). The summed E-state index contributed by atoms with van der Waals surface area (Å²) in [6, 6.07) is 5.56. The molecule has 1 aliphatic carbocycles. The Bertz CT molecular complexity index is 745. The average Bonchev–Trinajstić information content (AvgIpc) is 3.02. The van der Waals surface area contributed by atoms with Crippen molar-refractivity contribution in [2.75, 3.05) is 11.9 Å². The summed E-state index contributed by atoms with van der Waals surface area (Å²) in [5.41, 5.74) is 3.30. The van der Waals surface area contributed by atoms with Crippen LogP contribution in [0.3, 0.4) is 0 Å². The number of thiophene rings is 1. The van der Waals surface area contributed by atoms with Crippen LogP contribution >= 0.6 is 11.3 Å². The second-order valence-electron chi connectivity index (χ2n) is 6.21. The monoisotopic (exact) mass is 330 g/mol. The van der Waals surface area contributed by atoms with Crippen LogP contribution in [0.2, 0.25) is 0 Å². The first-order chi connectivity index (χ1) is 11.2. The molecule has 0 saturated carbocycles. The summed E-state index contributed by atoms with van der Waals surface area (Å²) < 4.78 is 14.6. The summed E-state index contributed by atoms with van der Waals surface area (Å²) in [6.07, 6.45) is 5.17. The largest absolute Gasteiger partial charge is 0.319 e. The van der Waals surface area contributed by atoms with Crippen molar-refractivity contribution in [3.05, 3.63) is 50.5 Å². The van der Waals surface area contributed by atoms with E-state index in [0.29, 0.717) is 23.5 Å². The minimum atomic E-state index is -0.279. The lowest BCUT2D eigenvalue weighted by atomic mass is 9.99. The Kier molecular flexibility index (Phi) is 3.91. The van der Waals surface area contributed by atoms with Gasteiger partial charge < -0.3 is 10.6 Å². The van der Waals surface area contributed by atoms with Crippen LogP contribution in [0.1, 0.15) is 44.1 Å². The lowest BCUT2D eigenvalue weighted by Gasteiger charge is -2.19. The third kappa shape index (κ3) is 2.79. The average molecular weight is 330 g/mol. The summed E-state index contributed by atoms with van der Waals surface area (Å²) in [5.74, 6) is -0.476.